The van der Waals surface area contributed by atoms with Crippen molar-refractivity contribution in [3.63, 3.8) is 0 Å². The average Bonchev–Trinajstić information content (AvgIpc) is 2.97. The van der Waals surface area contributed by atoms with Gasteiger partial charge >= 0.3 is 18.0 Å². The molecule has 1 saturated heterocycles. The van der Waals surface area contributed by atoms with Gasteiger partial charge in [0.1, 0.15) is 0 Å². The third-order valence-corrected chi connectivity index (χ3v) is 3.95. The van der Waals surface area contributed by atoms with Crippen LogP contribution in [0.1, 0.15) is 51.4 Å². The summed E-state index contributed by atoms with van der Waals surface area (Å²) in [7, 11) is 0. The number of ether oxygens (including phenoxy) is 2. The first-order valence-electron chi connectivity index (χ1n) is 8.09. The van der Waals surface area contributed by atoms with Crippen LogP contribution in [0.4, 0.5) is 30.7 Å². The highest BCUT2D eigenvalue weighted by Gasteiger charge is 2.72. The van der Waals surface area contributed by atoms with Crippen LogP contribution < -0.4 is 0 Å². The number of rotatable bonds is 11. The minimum atomic E-state index is -6.24. The molecular weight excluding hydrogens is 345 g/mol. The second-order valence-electron chi connectivity index (χ2n) is 5.98. The van der Waals surface area contributed by atoms with Gasteiger partial charge < -0.3 is 9.47 Å². The molecule has 2 nitrogen and oxygen atoms in total. The van der Waals surface area contributed by atoms with Crippen LogP contribution in [0.25, 0.3) is 0 Å². The highest BCUT2D eigenvalue weighted by Crippen LogP contribution is 2.48. The first kappa shape index (κ1) is 21.5. The Morgan fingerprint density at radius 2 is 1.54 bits per heavy atom. The minimum Gasteiger partial charge on any atom is -0.381 e. The van der Waals surface area contributed by atoms with Gasteiger partial charge in [0.15, 0.2) is 0 Å². The van der Waals surface area contributed by atoms with Crippen molar-refractivity contribution in [2.24, 2.45) is 0 Å². The molecule has 1 atom stereocenters. The molecule has 0 spiro atoms. The largest absolute Gasteiger partial charge is 0.459 e. The molecule has 0 radical (unpaired) electrons. The lowest BCUT2D eigenvalue weighted by Crippen LogP contribution is -2.51. The lowest BCUT2D eigenvalue weighted by Gasteiger charge is -2.28. The van der Waals surface area contributed by atoms with Crippen LogP contribution in [0, 0.1) is 0 Å². The minimum absolute atomic E-state index is 0.151. The van der Waals surface area contributed by atoms with Crippen LogP contribution in [-0.4, -0.2) is 43.9 Å². The topological polar surface area (TPSA) is 18.5 Å². The van der Waals surface area contributed by atoms with E-state index in [1.165, 1.54) is 0 Å². The zero-order valence-corrected chi connectivity index (χ0v) is 13.3. The van der Waals surface area contributed by atoms with E-state index in [0.29, 0.717) is 26.1 Å². The smallest absolute Gasteiger partial charge is 0.381 e. The molecule has 0 bridgehead atoms. The molecule has 1 fully saturated rings. The normalized spacial score (nSPS) is 19.9. The Morgan fingerprint density at radius 1 is 0.875 bits per heavy atom. The molecule has 9 heteroatoms. The summed E-state index contributed by atoms with van der Waals surface area (Å²) in [4.78, 5) is 0. The van der Waals surface area contributed by atoms with Gasteiger partial charge in [-0.05, 0) is 32.1 Å². The molecule has 0 aliphatic carbocycles. The van der Waals surface area contributed by atoms with Crippen LogP contribution in [0.5, 0.6) is 0 Å². The number of halogens is 7. The van der Waals surface area contributed by atoms with Crippen LogP contribution in [-0.2, 0) is 9.47 Å². The van der Waals surface area contributed by atoms with Gasteiger partial charge in [0, 0.05) is 26.2 Å². The van der Waals surface area contributed by atoms with E-state index in [9.17, 15) is 30.7 Å². The number of unbranched alkanes of at least 4 members (excludes halogenated alkanes) is 3. The summed E-state index contributed by atoms with van der Waals surface area (Å²) in [5.74, 6) is -11.1. The van der Waals surface area contributed by atoms with Crippen LogP contribution in [0.3, 0.4) is 0 Å². The fraction of sp³-hybridized carbons (Fsp3) is 1.00. The van der Waals surface area contributed by atoms with Crippen molar-refractivity contribution in [3.8, 4) is 0 Å². The van der Waals surface area contributed by atoms with Crippen molar-refractivity contribution in [1.82, 2.24) is 0 Å². The molecule has 24 heavy (non-hydrogen) atoms. The monoisotopic (exact) mass is 368 g/mol. The van der Waals surface area contributed by atoms with E-state index in [-0.39, 0.29) is 12.5 Å². The van der Waals surface area contributed by atoms with Crippen molar-refractivity contribution in [1.29, 1.82) is 0 Å². The third kappa shape index (κ3) is 6.38. The molecule has 1 heterocycles. The van der Waals surface area contributed by atoms with Gasteiger partial charge in [-0.15, -0.1) is 0 Å². The Hall–Kier alpha value is -0.570. The van der Waals surface area contributed by atoms with E-state index >= 15 is 0 Å². The molecule has 1 unspecified atom stereocenters. The average molecular weight is 368 g/mol. The number of hydrogen-bond donors (Lipinski definition) is 0. The van der Waals surface area contributed by atoms with E-state index in [1.807, 2.05) is 0 Å². The molecular formula is C15H23F7O2. The van der Waals surface area contributed by atoms with Gasteiger partial charge in [-0.25, -0.2) is 0 Å². The molecule has 0 N–H and O–H groups in total. The van der Waals surface area contributed by atoms with Crippen molar-refractivity contribution in [2.45, 2.75) is 75.5 Å². The highest BCUT2D eigenvalue weighted by molar-refractivity contribution is 4.90. The van der Waals surface area contributed by atoms with Crippen molar-refractivity contribution < 1.29 is 40.2 Å². The van der Waals surface area contributed by atoms with Crippen LogP contribution in [0.2, 0.25) is 0 Å². The third-order valence-electron chi connectivity index (χ3n) is 3.95. The molecule has 1 rings (SSSR count). The van der Waals surface area contributed by atoms with Crippen molar-refractivity contribution >= 4 is 0 Å². The van der Waals surface area contributed by atoms with E-state index in [1.54, 1.807) is 0 Å². The summed E-state index contributed by atoms with van der Waals surface area (Å²) < 4.78 is 97.9. The fourth-order valence-electron chi connectivity index (χ4n) is 2.46. The van der Waals surface area contributed by atoms with Gasteiger partial charge in [-0.1, -0.05) is 12.8 Å². The molecule has 0 amide bonds. The maximum absolute atomic E-state index is 13.0. The second kappa shape index (κ2) is 9.22. The summed E-state index contributed by atoms with van der Waals surface area (Å²) >= 11 is 0. The predicted octanol–water partition coefficient (Wildman–Crippen LogP) is 5.36. The van der Waals surface area contributed by atoms with Gasteiger partial charge in [0.25, 0.3) is 0 Å². The maximum Gasteiger partial charge on any atom is 0.459 e. The van der Waals surface area contributed by atoms with Crippen molar-refractivity contribution in [3.05, 3.63) is 0 Å². The lowest BCUT2D eigenvalue weighted by molar-refractivity contribution is -0.355. The Balaban J connectivity index is 2.04. The fourth-order valence-corrected chi connectivity index (χ4v) is 2.46. The molecule has 0 aromatic rings. The lowest BCUT2D eigenvalue weighted by atomic mass is 10.0. The highest BCUT2D eigenvalue weighted by atomic mass is 19.4. The van der Waals surface area contributed by atoms with Crippen LogP contribution in [0.15, 0.2) is 0 Å². The quantitative estimate of drug-likeness (QED) is 0.361. The first-order chi connectivity index (χ1) is 11.1. The Kier molecular flexibility index (Phi) is 8.25. The van der Waals surface area contributed by atoms with E-state index < -0.39 is 30.9 Å². The number of alkyl halides is 7. The van der Waals surface area contributed by atoms with E-state index in [4.69, 9.17) is 9.47 Å². The molecule has 1 aliphatic heterocycles. The van der Waals surface area contributed by atoms with Gasteiger partial charge in [0.2, 0.25) is 0 Å². The van der Waals surface area contributed by atoms with Gasteiger partial charge in [-0.2, -0.15) is 30.7 Å². The Labute approximate surface area is 136 Å². The summed E-state index contributed by atoms with van der Waals surface area (Å²) in [6, 6.07) is 0. The zero-order chi connectivity index (χ0) is 18.3. The SMILES string of the molecule is FC(F)(F)C(F)(F)C(F)(F)CCCCCCOCCC1CCCO1. The maximum atomic E-state index is 13.0. The molecule has 0 saturated carbocycles. The summed E-state index contributed by atoms with van der Waals surface area (Å²) in [5, 5.41) is 0. The standard InChI is InChI=1S/C15H23F7O2/c16-13(17,14(18,19)15(20,21)22)8-3-1-2-4-9-23-11-7-12-6-5-10-24-12/h12H,1-11H2. The molecule has 0 aromatic heterocycles. The van der Waals surface area contributed by atoms with Crippen LogP contribution >= 0.6 is 0 Å². The van der Waals surface area contributed by atoms with E-state index in [2.05, 4.69) is 0 Å². The van der Waals surface area contributed by atoms with E-state index in [0.717, 1.165) is 25.9 Å². The molecule has 0 aromatic carbocycles. The summed E-state index contributed by atoms with van der Waals surface area (Å²) in [6.07, 6.45) is -3.91. The Morgan fingerprint density at radius 3 is 2.12 bits per heavy atom. The van der Waals surface area contributed by atoms with Gasteiger partial charge in [0.05, 0.1) is 6.10 Å². The first-order valence-corrected chi connectivity index (χ1v) is 8.09. The summed E-state index contributed by atoms with van der Waals surface area (Å²) in [5.41, 5.74) is 0. The Bertz CT molecular complexity index is 352. The zero-order valence-electron chi connectivity index (χ0n) is 13.3. The second-order valence-corrected chi connectivity index (χ2v) is 5.98. The molecule has 144 valence electrons. The van der Waals surface area contributed by atoms with Gasteiger partial charge in [-0.3, -0.25) is 0 Å². The molecule has 1 aliphatic rings. The summed E-state index contributed by atoms with van der Waals surface area (Å²) in [6.45, 7) is 1.70. The number of hydrogen-bond acceptors (Lipinski definition) is 2. The predicted molar refractivity (Wildman–Crippen MR) is 73.4 cm³/mol. The van der Waals surface area contributed by atoms with Crippen molar-refractivity contribution in [2.75, 3.05) is 19.8 Å².